The van der Waals surface area contributed by atoms with Crippen molar-refractivity contribution in [2.24, 2.45) is 5.73 Å². The summed E-state index contributed by atoms with van der Waals surface area (Å²) in [7, 11) is 0. The highest BCUT2D eigenvalue weighted by Gasteiger charge is 2.34. The number of carbonyl (C=O) groups excluding carboxylic acids is 1. The fraction of sp³-hybridized carbons (Fsp3) is 0.929. The van der Waals surface area contributed by atoms with E-state index in [9.17, 15) is 4.79 Å². The van der Waals surface area contributed by atoms with E-state index >= 15 is 0 Å². The Morgan fingerprint density at radius 3 is 2.67 bits per heavy atom. The van der Waals surface area contributed by atoms with E-state index in [1.807, 2.05) is 6.92 Å². The third-order valence-corrected chi connectivity index (χ3v) is 4.06. The number of hydrogen-bond acceptors (Lipinski definition) is 4. The molecule has 0 amide bonds. The van der Waals surface area contributed by atoms with E-state index < -0.39 is 5.54 Å². The lowest BCUT2D eigenvalue weighted by Crippen LogP contribution is -2.49. The Bertz CT molecular complexity index is 279. The molecule has 1 saturated heterocycles. The van der Waals surface area contributed by atoms with Crippen LogP contribution in [0, 0.1) is 0 Å². The van der Waals surface area contributed by atoms with E-state index in [-0.39, 0.29) is 5.97 Å². The van der Waals surface area contributed by atoms with Gasteiger partial charge in [0.25, 0.3) is 0 Å². The number of nitrogens with zero attached hydrogens (tertiary/aromatic N) is 1. The quantitative estimate of drug-likeness (QED) is 0.738. The molecule has 0 aliphatic carbocycles. The van der Waals surface area contributed by atoms with Gasteiger partial charge in [-0.25, -0.2) is 0 Å². The summed E-state index contributed by atoms with van der Waals surface area (Å²) in [5, 5.41) is 0. The van der Waals surface area contributed by atoms with Gasteiger partial charge < -0.3 is 10.5 Å². The van der Waals surface area contributed by atoms with Gasteiger partial charge >= 0.3 is 5.97 Å². The number of nitrogens with two attached hydrogens (primary N) is 1. The number of esters is 1. The number of rotatable bonds is 6. The van der Waals surface area contributed by atoms with Crippen LogP contribution in [0.2, 0.25) is 0 Å². The summed E-state index contributed by atoms with van der Waals surface area (Å²) < 4.78 is 5.02. The zero-order valence-electron chi connectivity index (χ0n) is 12.2. The molecule has 1 aliphatic heterocycles. The summed E-state index contributed by atoms with van der Waals surface area (Å²) in [6, 6.07) is 1.26. The average Bonchev–Trinajstić information content (AvgIpc) is 2.67. The van der Waals surface area contributed by atoms with Crippen molar-refractivity contribution in [3.63, 3.8) is 0 Å². The molecule has 1 aliphatic rings. The molecule has 106 valence electrons. The van der Waals surface area contributed by atoms with E-state index in [4.69, 9.17) is 10.5 Å². The molecule has 0 spiro atoms. The van der Waals surface area contributed by atoms with Crippen LogP contribution in [0.15, 0.2) is 0 Å². The zero-order chi connectivity index (χ0) is 13.8. The van der Waals surface area contributed by atoms with Crippen molar-refractivity contribution >= 4 is 5.97 Å². The summed E-state index contributed by atoms with van der Waals surface area (Å²) in [6.07, 6.45) is 4.34. The molecule has 0 aromatic carbocycles. The predicted octanol–water partition coefficient (Wildman–Crippen LogP) is 1.92. The first-order valence-corrected chi connectivity index (χ1v) is 7.14. The molecule has 18 heavy (non-hydrogen) atoms. The largest absolute Gasteiger partial charge is 0.465 e. The van der Waals surface area contributed by atoms with Crippen LogP contribution in [-0.2, 0) is 9.53 Å². The van der Waals surface area contributed by atoms with Gasteiger partial charge in [-0.2, -0.15) is 0 Å². The van der Waals surface area contributed by atoms with Gasteiger partial charge in [0.1, 0.15) is 5.54 Å². The molecule has 1 heterocycles. The van der Waals surface area contributed by atoms with Gasteiger partial charge in [0.05, 0.1) is 6.61 Å². The normalized spacial score (nSPS) is 28.1. The molecular weight excluding hydrogens is 228 g/mol. The Morgan fingerprint density at radius 1 is 1.44 bits per heavy atom. The SMILES string of the molecule is CCOC(=O)C(C)(N)CCN1C(C)CCC1CC. The highest BCUT2D eigenvalue weighted by molar-refractivity contribution is 5.79. The second-order valence-corrected chi connectivity index (χ2v) is 5.61. The van der Waals surface area contributed by atoms with Crippen molar-refractivity contribution in [2.75, 3.05) is 13.2 Å². The highest BCUT2D eigenvalue weighted by Crippen LogP contribution is 2.27. The minimum Gasteiger partial charge on any atom is -0.465 e. The minimum atomic E-state index is -0.864. The fourth-order valence-corrected chi connectivity index (χ4v) is 2.73. The third kappa shape index (κ3) is 3.69. The molecule has 0 saturated carbocycles. The summed E-state index contributed by atoms with van der Waals surface area (Å²) in [4.78, 5) is 14.2. The first kappa shape index (κ1) is 15.4. The lowest BCUT2D eigenvalue weighted by molar-refractivity contribution is -0.149. The Hall–Kier alpha value is -0.610. The number of likely N-dealkylation sites (tertiary alicyclic amines) is 1. The number of hydrogen-bond donors (Lipinski definition) is 1. The molecule has 1 fully saturated rings. The van der Waals surface area contributed by atoms with Crippen molar-refractivity contribution in [3.8, 4) is 0 Å². The average molecular weight is 256 g/mol. The molecule has 4 nitrogen and oxygen atoms in total. The van der Waals surface area contributed by atoms with Gasteiger partial charge in [0, 0.05) is 18.6 Å². The third-order valence-electron chi connectivity index (χ3n) is 4.06. The first-order chi connectivity index (χ1) is 8.42. The molecule has 3 unspecified atom stereocenters. The summed E-state index contributed by atoms with van der Waals surface area (Å²) in [6.45, 7) is 9.34. The Kier molecular flexibility index (Phi) is 5.60. The molecule has 0 aromatic heterocycles. The second-order valence-electron chi connectivity index (χ2n) is 5.61. The van der Waals surface area contributed by atoms with Crippen LogP contribution in [0.4, 0.5) is 0 Å². The zero-order valence-corrected chi connectivity index (χ0v) is 12.2. The maximum absolute atomic E-state index is 11.7. The van der Waals surface area contributed by atoms with Crippen LogP contribution < -0.4 is 5.73 Å². The van der Waals surface area contributed by atoms with E-state index in [0.29, 0.717) is 25.1 Å². The van der Waals surface area contributed by atoms with Crippen molar-refractivity contribution < 1.29 is 9.53 Å². The van der Waals surface area contributed by atoms with Crippen molar-refractivity contribution in [2.45, 2.75) is 71.0 Å². The molecule has 2 N–H and O–H groups in total. The molecule has 0 aromatic rings. The number of carbonyl (C=O) groups is 1. The maximum Gasteiger partial charge on any atom is 0.325 e. The van der Waals surface area contributed by atoms with E-state index in [0.717, 1.165) is 6.54 Å². The van der Waals surface area contributed by atoms with E-state index in [1.165, 1.54) is 19.3 Å². The van der Waals surface area contributed by atoms with Gasteiger partial charge in [-0.15, -0.1) is 0 Å². The Morgan fingerprint density at radius 2 is 2.11 bits per heavy atom. The molecule has 0 radical (unpaired) electrons. The van der Waals surface area contributed by atoms with E-state index in [1.54, 1.807) is 6.92 Å². The van der Waals surface area contributed by atoms with Crippen LogP contribution in [0.25, 0.3) is 0 Å². The van der Waals surface area contributed by atoms with Gasteiger partial charge in [-0.1, -0.05) is 6.92 Å². The molecule has 3 atom stereocenters. The summed E-state index contributed by atoms with van der Waals surface area (Å²) in [5.74, 6) is -0.287. The van der Waals surface area contributed by atoms with E-state index in [2.05, 4.69) is 18.7 Å². The first-order valence-electron chi connectivity index (χ1n) is 7.14. The van der Waals surface area contributed by atoms with Gasteiger partial charge in [-0.05, 0) is 46.5 Å². The van der Waals surface area contributed by atoms with Gasteiger partial charge in [-0.3, -0.25) is 9.69 Å². The summed E-state index contributed by atoms with van der Waals surface area (Å²) in [5.41, 5.74) is 5.19. The van der Waals surface area contributed by atoms with Crippen LogP contribution in [0.5, 0.6) is 0 Å². The Balaban J connectivity index is 2.50. The van der Waals surface area contributed by atoms with Crippen molar-refractivity contribution in [1.82, 2.24) is 4.90 Å². The number of ether oxygens (including phenoxy) is 1. The molecule has 0 bridgehead atoms. The van der Waals surface area contributed by atoms with Gasteiger partial charge in [0.2, 0.25) is 0 Å². The predicted molar refractivity (Wildman–Crippen MR) is 73.3 cm³/mol. The van der Waals surface area contributed by atoms with Crippen LogP contribution in [0.1, 0.15) is 53.4 Å². The molecule has 1 rings (SSSR count). The second kappa shape index (κ2) is 6.53. The van der Waals surface area contributed by atoms with Crippen LogP contribution in [0.3, 0.4) is 0 Å². The lowest BCUT2D eigenvalue weighted by atomic mass is 9.98. The minimum absolute atomic E-state index is 0.287. The smallest absolute Gasteiger partial charge is 0.325 e. The Labute approximate surface area is 111 Å². The fourth-order valence-electron chi connectivity index (χ4n) is 2.73. The van der Waals surface area contributed by atoms with Crippen molar-refractivity contribution in [3.05, 3.63) is 0 Å². The topological polar surface area (TPSA) is 55.6 Å². The lowest BCUT2D eigenvalue weighted by Gasteiger charge is -2.31. The van der Waals surface area contributed by atoms with Crippen LogP contribution >= 0.6 is 0 Å². The highest BCUT2D eigenvalue weighted by atomic mass is 16.5. The molecular formula is C14H28N2O2. The maximum atomic E-state index is 11.7. The monoisotopic (exact) mass is 256 g/mol. The van der Waals surface area contributed by atoms with Crippen LogP contribution in [-0.4, -0.2) is 41.6 Å². The summed E-state index contributed by atoms with van der Waals surface area (Å²) >= 11 is 0. The molecule has 4 heteroatoms. The van der Waals surface area contributed by atoms with Gasteiger partial charge in [0.15, 0.2) is 0 Å². The standard InChI is InChI=1S/C14H28N2O2/c1-5-12-8-7-11(3)16(12)10-9-14(4,15)13(17)18-6-2/h11-12H,5-10,15H2,1-4H3. The van der Waals surface area contributed by atoms with Crippen molar-refractivity contribution in [1.29, 1.82) is 0 Å².